The Labute approximate surface area is 125 Å². The Hall–Kier alpha value is -1.82. The van der Waals surface area contributed by atoms with Gasteiger partial charge in [-0.15, -0.1) is 0 Å². The van der Waals surface area contributed by atoms with Crippen molar-refractivity contribution < 1.29 is 14.3 Å². The summed E-state index contributed by atoms with van der Waals surface area (Å²) in [6.45, 7) is 2.53. The monoisotopic (exact) mass is 338 g/mol. The SMILES string of the molecule is CCn1ncc(Br)c1C(=O)c1c(OC)cccc1OC. The highest BCUT2D eigenvalue weighted by atomic mass is 79.9. The first-order valence-corrected chi connectivity index (χ1v) is 6.90. The molecule has 0 spiro atoms. The van der Waals surface area contributed by atoms with Gasteiger partial charge in [-0.3, -0.25) is 9.48 Å². The minimum Gasteiger partial charge on any atom is -0.496 e. The molecule has 0 bridgehead atoms. The van der Waals surface area contributed by atoms with Crippen LogP contribution in [0.1, 0.15) is 23.0 Å². The lowest BCUT2D eigenvalue weighted by Gasteiger charge is -2.12. The van der Waals surface area contributed by atoms with Gasteiger partial charge in [0.2, 0.25) is 5.78 Å². The second kappa shape index (κ2) is 6.09. The number of ether oxygens (including phenoxy) is 2. The fourth-order valence-corrected chi connectivity index (χ4v) is 2.50. The Kier molecular flexibility index (Phi) is 4.44. The van der Waals surface area contributed by atoms with Crippen molar-refractivity contribution in [3.63, 3.8) is 0 Å². The van der Waals surface area contributed by atoms with E-state index in [0.717, 1.165) is 0 Å². The third-order valence-electron chi connectivity index (χ3n) is 2.96. The van der Waals surface area contributed by atoms with Crippen LogP contribution < -0.4 is 9.47 Å². The van der Waals surface area contributed by atoms with Crippen molar-refractivity contribution in [2.24, 2.45) is 0 Å². The summed E-state index contributed by atoms with van der Waals surface area (Å²) in [5.74, 6) is 0.765. The van der Waals surface area contributed by atoms with Crippen LogP contribution in [0.2, 0.25) is 0 Å². The Morgan fingerprint density at radius 1 is 1.30 bits per heavy atom. The minimum atomic E-state index is -0.189. The number of hydrogen-bond donors (Lipinski definition) is 0. The van der Waals surface area contributed by atoms with E-state index in [0.29, 0.717) is 33.8 Å². The second-order valence-corrected chi connectivity index (χ2v) is 4.88. The van der Waals surface area contributed by atoms with E-state index in [2.05, 4.69) is 21.0 Å². The van der Waals surface area contributed by atoms with Crippen molar-refractivity contribution in [1.82, 2.24) is 9.78 Å². The summed E-state index contributed by atoms with van der Waals surface area (Å²) in [5, 5.41) is 4.16. The molecule has 0 N–H and O–H groups in total. The molecule has 0 saturated heterocycles. The number of methoxy groups -OCH3 is 2. The molecule has 1 heterocycles. The average molecular weight is 339 g/mol. The number of carbonyl (C=O) groups is 1. The molecule has 2 rings (SSSR count). The molecule has 6 heteroatoms. The van der Waals surface area contributed by atoms with Crippen LogP contribution in [-0.2, 0) is 6.54 Å². The number of carbonyl (C=O) groups excluding carboxylic acids is 1. The smallest absolute Gasteiger partial charge is 0.219 e. The molecule has 0 amide bonds. The lowest BCUT2D eigenvalue weighted by atomic mass is 10.1. The number of aromatic nitrogens is 2. The van der Waals surface area contributed by atoms with Crippen molar-refractivity contribution in [1.29, 1.82) is 0 Å². The van der Waals surface area contributed by atoms with Gasteiger partial charge in [0.05, 0.1) is 24.9 Å². The van der Waals surface area contributed by atoms with Gasteiger partial charge in [-0.1, -0.05) is 6.07 Å². The number of halogens is 1. The summed E-state index contributed by atoms with van der Waals surface area (Å²) in [4.78, 5) is 12.8. The third-order valence-corrected chi connectivity index (χ3v) is 3.54. The van der Waals surface area contributed by atoms with Crippen molar-refractivity contribution in [2.45, 2.75) is 13.5 Å². The van der Waals surface area contributed by atoms with Crippen molar-refractivity contribution >= 4 is 21.7 Å². The van der Waals surface area contributed by atoms with E-state index in [1.54, 1.807) is 29.1 Å². The van der Waals surface area contributed by atoms with E-state index in [-0.39, 0.29) is 5.78 Å². The van der Waals surface area contributed by atoms with E-state index in [9.17, 15) is 4.79 Å². The standard InChI is InChI=1S/C14H15BrN2O3/c1-4-17-13(9(15)8-16-17)14(18)12-10(19-2)6-5-7-11(12)20-3/h5-8H,4H2,1-3H3. The van der Waals surface area contributed by atoms with E-state index in [1.807, 2.05) is 6.92 Å². The van der Waals surface area contributed by atoms with Crippen LogP contribution in [0.3, 0.4) is 0 Å². The molecule has 5 nitrogen and oxygen atoms in total. The van der Waals surface area contributed by atoms with Gasteiger partial charge in [0.25, 0.3) is 0 Å². The summed E-state index contributed by atoms with van der Waals surface area (Å²) in [5.41, 5.74) is 0.878. The lowest BCUT2D eigenvalue weighted by Crippen LogP contribution is -2.13. The summed E-state index contributed by atoms with van der Waals surface area (Å²) in [7, 11) is 3.05. The number of hydrogen-bond acceptors (Lipinski definition) is 4. The van der Waals surface area contributed by atoms with Gasteiger partial charge in [0.1, 0.15) is 22.8 Å². The molecule has 20 heavy (non-hydrogen) atoms. The highest BCUT2D eigenvalue weighted by molar-refractivity contribution is 9.10. The van der Waals surface area contributed by atoms with E-state index in [1.165, 1.54) is 14.2 Å². The molecule has 0 aliphatic rings. The van der Waals surface area contributed by atoms with Crippen LogP contribution in [0.5, 0.6) is 11.5 Å². The summed E-state index contributed by atoms with van der Waals surface area (Å²) < 4.78 is 12.8. The van der Waals surface area contributed by atoms with Crippen LogP contribution in [0, 0.1) is 0 Å². The summed E-state index contributed by atoms with van der Waals surface area (Å²) >= 11 is 3.36. The van der Waals surface area contributed by atoms with E-state index < -0.39 is 0 Å². The van der Waals surface area contributed by atoms with Gasteiger partial charge < -0.3 is 9.47 Å². The second-order valence-electron chi connectivity index (χ2n) is 4.02. The topological polar surface area (TPSA) is 53.4 Å². The molecule has 0 aliphatic heterocycles. The Bertz CT molecular complexity index is 615. The van der Waals surface area contributed by atoms with Crippen molar-refractivity contribution in [3.05, 3.63) is 40.1 Å². The molecule has 0 fully saturated rings. The fourth-order valence-electron chi connectivity index (χ4n) is 2.02. The maximum Gasteiger partial charge on any atom is 0.219 e. The quantitative estimate of drug-likeness (QED) is 0.786. The molecule has 0 saturated carbocycles. The van der Waals surface area contributed by atoms with Gasteiger partial charge in [-0.05, 0) is 35.0 Å². The zero-order valence-electron chi connectivity index (χ0n) is 11.5. The maximum atomic E-state index is 12.8. The fraction of sp³-hybridized carbons (Fsp3) is 0.286. The number of rotatable bonds is 5. The molecule has 0 aliphatic carbocycles. The van der Waals surface area contributed by atoms with Gasteiger partial charge in [-0.2, -0.15) is 5.10 Å². The van der Waals surface area contributed by atoms with Gasteiger partial charge in [0.15, 0.2) is 0 Å². The summed E-state index contributed by atoms with van der Waals surface area (Å²) in [6.07, 6.45) is 1.61. The molecular formula is C14H15BrN2O3. The zero-order valence-corrected chi connectivity index (χ0v) is 13.1. The third kappa shape index (κ3) is 2.43. The molecule has 2 aromatic rings. The van der Waals surface area contributed by atoms with E-state index >= 15 is 0 Å². The van der Waals surface area contributed by atoms with Gasteiger partial charge in [0, 0.05) is 6.54 Å². The van der Waals surface area contributed by atoms with Crippen LogP contribution in [0.15, 0.2) is 28.9 Å². The highest BCUT2D eigenvalue weighted by Gasteiger charge is 2.25. The lowest BCUT2D eigenvalue weighted by molar-refractivity contribution is 0.102. The largest absolute Gasteiger partial charge is 0.496 e. The van der Waals surface area contributed by atoms with Gasteiger partial charge >= 0.3 is 0 Å². The summed E-state index contributed by atoms with van der Waals surface area (Å²) in [6, 6.07) is 5.24. The van der Waals surface area contributed by atoms with Crippen molar-refractivity contribution in [2.75, 3.05) is 14.2 Å². The number of ketones is 1. The van der Waals surface area contributed by atoms with Gasteiger partial charge in [-0.25, -0.2) is 0 Å². The number of aryl methyl sites for hydroxylation is 1. The first kappa shape index (κ1) is 14.6. The van der Waals surface area contributed by atoms with E-state index in [4.69, 9.17) is 9.47 Å². The Morgan fingerprint density at radius 3 is 2.40 bits per heavy atom. The first-order chi connectivity index (χ1) is 9.63. The Balaban J connectivity index is 2.61. The molecule has 106 valence electrons. The number of nitrogens with zero attached hydrogens (tertiary/aromatic N) is 2. The molecule has 1 aromatic carbocycles. The highest BCUT2D eigenvalue weighted by Crippen LogP contribution is 2.32. The molecule has 0 atom stereocenters. The molecule has 1 aromatic heterocycles. The first-order valence-electron chi connectivity index (χ1n) is 6.11. The normalized spacial score (nSPS) is 10.4. The average Bonchev–Trinajstić information content (AvgIpc) is 2.86. The van der Waals surface area contributed by atoms with Crippen LogP contribution >= 0.6 is 15.9 Å². The van der Waals surface area contributed by atoms with Crippen molar-refractivity contribution in [3.8, 4) is 11.5 Å². The maximum absolute atomic E-state index is 12.8. The van der Waals surface area contributed by atoms with Crippen LogP contribution in [0.25, 0.3) is 0 Å². The number of benzene rings is 1. The Morgan fingerprint density at radius 2 is 1.90 bits per heavy atom. The molecule has 0 unspecified atom stereocenters. The zero-order chi connectivity index (χ0) is 14.7. The molecular weight excluding hydrogens is 324 g/mol. The predicted octanol–water partition coefficient (Wildman–Crippen LogP) is 2.91. The molecule has 0 radical (unpaired) electrons. The van der Waals surface area contributed by atoms with Crippen LogP contribution in [-0.4, -0.2) is 29.8 Å². The minimum absolute atomic E-state index is 0.189. The van der Waals surface area contributed by atoms with Crippen LogP contribution in [0.4, 0.5) is 0 Å². The predicted molar refractivity (Wildman–Crippen MR) is 78.6 cm³/mol.